The lowest BCUT2D eigenvalue weighted by molar-refractivity contribution is 0.0434. The average Bonchev–Trinajstić information content (AvgIpc) is 3.20. The number of piperidine rings is 1. The van der Waals surface area contributed by atoms with Crippen molar-refractivity contribution in [3.05, 3.63) is 41.3 Å². The second-order valence-corrected chi connectivity index (χ2v) is 10.3. The summed E-state index contributed by atoms with van der Waals surface area (Å²) in [5.74, 6) is 1.06. The van der Waals surface area contributed by atoms with Crippen LogP contribution in [0.1, 0.15) is 57.1 Å². The van der Waals surface area contributed by atoms with Gasteiger partial charge in [0.05, 0.1) is 43.4 Å². The molecule has 6 rings (SSSR count). The van der Waals surface area contributed by atoms with E-state index in [1.807, 2.05) is 17.1 Å². The normalized spacial score (nSPS) is 28.0. The lowest BCUT2D eigenvalue weighted by Gasteiger charge is -2.44. The molecular weight excluding hydrogens is 410 g/mol. The number of hydrogen-bond donors (Lipinski definition) is 0. The molecule has 4 heterocycles. The highest BCUT2D eigenvalue weighted by atomic mass is 35.5. The molecule has 2 saturated heterocycles. The van der Waals surface area contributed by atoms with Crippen molar-refractivity contribution in [1.82, 2.24) is 24.5 Å². The molecular formula is C24H30ClN5O. The van der Waals surface area contributed by atoms with Gasteiger partial charge in [-0.2, -0.15) is 10.2 Å². The number of likely N-dealkylation sites (tertiary alicyclic amines) is 1. The SMILES string of the molecule is CC1COCC1(C)N1CCC(c2cc3c(cnn3-c3cnn(C4CC4)c3)cc2Cl)CC1. The van der Waals surface area contributed by atoms with Crippen molar-refractivity contribution in [3.8, 4) is 5.69 Å². The Morgan fingerprint density at radius 3 is 2.61 bits per heavy atom. The van der Waals surface area contributed by atoms with E-state index in [4.69, 9.17) is 16.3 Å². The molecule has 31 heavy (non-hydrogen) atoms. The van der Waals surface area contributed by atoms with Gasteiger partial charge in [0.1, 0.15) is 5.69 Å². The molecule has 1 saturated carbocycles. The largest absolute Gasteiger partial charge is 0.379 e. The summed E-state index contributed by atoms with van der Waals surface area (Å²) in [6, 6.07) is 4.92. The van der Waals surface area contributed by atoms with Gasteiger partial charge in [0, 0.05) is 15.9 Å². The van der Waals surface area contributed by atoms with E-state index in [1.54, 1.807) is 0 Å². The van der Waals surface area contributed by atoms with Crippen molar-refractivity contribution in [2.75, 3.05) is 26.3 Å². The minimum Gasteiger partial charge on any atom is -0.379 e. The highest BCUT2D eigenvalue weighted by Crippen LogP contribution is 2.40. The molecule has 0 amide bonds. The van der Waals surface area contributed by atoms with Crippen LogP contribution in [0.3, 0.4) is 0 Å². The zero-order valence-corrected chi connectivity index (χ0v) is 19.1. The van der Waals surface area contributed by atoms with Crippen molar-refractivity contribution in [2.45, 2.75) is 57.0 Å². The molecule has 2 aromatic heterocycles. The predicted molar refractivity (Wildman–Crippen MR) is 122 cm³/mol. The first kappa shape index (κ1) is 19.8. The van der Waals surface area contributed by atoms with Crippen LogP contribution >= 0.6 is 11.6 Å². The lowest BCUT2D eigenvalue weighted by atomic mass is 9.83. The second-order valence-electron chi connectivity index (χ2n) is 9.93. The van der Waals surface area contributed by atoms with Crippen molar-refractivity contribution in [3.63, 3.8) is 0 Å². The van der Waals surface area contributed by atoms with Crippen LogP contribution in [-0.2, 0) is 4.74 Å². The zero-order chi connectivity index (χ0) is 21.2. The molecule has 3 aliphatic rings. The van der Waals surface area contributed by atoms with Gasteiger partial charge in [0.15, 0.2) is 0 Å². The van der Waals surface area contributed by atoms with E-state index in [0.29, 0.717) is 17.9 Å². The lowest BCUT2D eigenvalue weighted by Crippen LogP contribution is -2.53. The van der Waals surface area contributed by atoms with Gasteiger partial charge in [-0.25, -0.2) is 4.68 Å². The van der Waals surface area contributed by atoms with Gasteiger partial charge in [-0.1, -0.05) is 18.5 Å². The maximum absolute atomic E-state index is 6.77. The number of hydrogen-bond acceptors (Lipinski definition) is 4. The van der Waals surface area contributed by atoms with Crippen LogP contribution < -0.4 is 0 Å². The molecule has 6 nitrogen and oxygen atoms in total. The van der Waals surface area contributed by atoms with E-state index in [2.05, 4.69) is 52.0 Å². The number of ether oxygens (including phenoxy) is 1. The Kier molecular flexibility index (Phi) is 4.67. The van der Waals surface area contributed by atoms with Crippen LogP contribution in [0.25, 0.3) is 16.6 Å². The van der Waals surface area contributed by atoms with Gasteiger partial charge in [0.25, 0.3) is 0 Å². The highest BCUT2D eigenvalue weighted by Gasteiger charge is 2.43. The van der Waals surface area contributed by atoms with E-state index in [9.17, 15) is 0 Å². The summed E-state index contributed by atoms with van der Waals surface area (Å²) >= 11 is 6.77. The van der Waals surface area contributed by atoms with Crippen molar-refractivity contribution >= 4 is 22.5 Å². The fourth-order valence-electron chi connectivity index (χ4n) is 5.43. The molecule has 2 aliphatic heterocycles. The molecule has 1 aliphatic carbocycles. The van der Waals surface area contributed by atoms with Crippen molar-refractivity contribution < 1.29 is 4.74 Å². The molecule has 3 fully saturated rings. The Labute approximate surface area is 188 Å². The Morgan fingerprint density at radius 2 is 1.90 bits per heavy atom. The van der Waals surface area contributed by atoms with Crippen LogP contribution in [0.15, 0.2) is 30.7 Å². The van der Waals surface area contributed by atoms with E-state index in [1.165, 1.54) is 18.4 Å². The third kappa shape index (κ3) is 3.31. The van der Waals surface area contributed by atoms with E-state index >= 15 is 0 Å². The molecule has 0 radical (unpaired) electrons. The monoisotopic (exact) mass is 439 g/mol. The molecule has 3 aromatic rings. The summed E-state index contributed by atoms with van der Waals surface area (Å²) in [7, 11) is 0. The summed E-state index contributed by atoms with van der Waals surface area (Å²) in [5, 5.41) is 11.1. The molecule has 1 aromatic carbocycles. The third-order valence-corrected chi connectivity index (χ3v) is 8.25. The average molecular weight is 440 g/mol. The van der Waals surface area contributed by atoms with E-state index < -0.39 is 0 Å². The maximum Gasteiger partial charge on any atom is 0.103 e. The van der Waals surface area contributed by atoms with Gasteiger partial charge < -0.3 is 4.74 Å². The number of nitrogens with zero attached hydrogens (tertiary/aromatic N) is 5. The van der Waals surface area contributed by atoms with Crippen LogP contribution in [-0.4, -0.2) is 56.3 Å². The fourth-order valence-corrected chi connectivity index (χ4v) is 5.75. The maximum atomic E-state index is 6.77. The first-order chi connectivity index (χ1) is 15.0. The molecule has 0 spiro atoms. The summed E-state index contributed by atoms with van der Waals surface area (Å²) in [5.41, 5.74) is 3.56. The first-order valence-electron chi connectivity index (χ1n) is 11.6. The van der Waals surface area contributed by atoms with Crippen LogP contribution in [0.2, 0.25) is 5.02 Å². The van der Waals surface area contributed by atoms with Crippen molar-refractivity contribution in [1.29, 1.82) is 0 Å². The summed E-state index contributed by atoms with van der Waals surface area (Å²) in [6.45, 7) is 8.59. The summed E-state index contributed by atoms with van der Waals surface area (Å²) in [4.78, 5) is 2.64. The molecule has 0 N–H and O–H groups in total. The highest BCUT2D eigenvalue weighted by molar-refractivity contribution is 6.32. The number of benzene rings is 1. The quantitative estimate of drug-likeness (QED) is 0.585. The minimum absolute atomic E-state index is 0.166. The Balaban J connectivity index is 1.26. The first-order valence-corrected chi connectivity index (χ1v) is 12.0. The van der Waals surface area contributed by atoms with Gasteiger partial charge in [-0.3, -0.25) is 9.58 Å². The van der Waals surface area contributed by atoms with Gasteiger partial charge in [-0.05, 0) is 75.2 Å². The summed E-state index contributed by atoms with van der Waals surface area (Å²) in [6.07, 6.45) is 10.6. The molecule has 0 bridgehead atoms. The van der Waals surface area contributed by atoms with E-state index in [-0.39, 0.29) is 5.54 Å². The third-order valence-electron chi connectivity index (χ3n) is 7.92. The number of aromatic nitrogens is 4. The predicted octanol–water partition coefficient (Wildman–Crippen LogP) is 4.81. The Bertz CT molecular complexity index is 1110. The van der Waals surface area contributed by atoms with Crippen LogP contribution in [0.4, 0.5) is 0 Å². The molecule has 164 valence electrons. The number of fused-ring (bicyclic) bond motifs is 1. The molecule has 2 atom stereocenters. The number of rotatable bonds is 4. The minimum atomic E-state index is 0.166. The molecule has 2 unspecified atom stereocenters. The fraction of sp³-hybridized carbons (Fsp3) is 0.583. The van der Waals surface area contributed by atoms with Crippen LogP contribution in [0.5, 0.6) is 0 Å². The topological polar surface area (TPSA) is 48.1 Å². The second kappa shape index (κ2) is 7.32. The summed E-state index contributed by atoms with van der Waals surface area (Å²) < 4.78 is 9.87. The van der Waals surface area contributed by atoms with Gasteiger partial charge >= 0.3 is 0 Å². The standard InChI is InChI=1S/C24H30ClN5O/c1-16-14-31-15-24(16,2)28-7-5-17(6-8-28)21-10-23-18(9-22(21)25)11-27-30(23)20-12-26-29(13-20)19-3-4-19/h9-13,16-17,19H,3-8,14-15H2,1-2H3. The van der Waals surface area contributed by atoms with Gasteiger partial charge in [0.2, 0.25) is 0 Å². The zero-order valence-electron chi connectivity index (χ0n) is 18.3. The smallest absolute Gasteiger partial charge is 0.103 e. The Morgan fingerprint density at radius 1 is 1.10 bits per heavy atom. The number of halogens is 1. The van der Waals surface area contributed by atoms with Gasteiger partial charge in [-0.15, -0.1) is 0 Å². The van der Waals surface area contributed by atoms with Crippen molar-refractivity contribution in [2.24, 2.45) is 5.92 Å². The Hall–Kier alpha value is -1.89. The molecule has 7 heteroatoms. The van der Waals surface area contributed by atoms with Crippen LogP contribution in [0, 0.1) is 5.92 Å². The van der Waals surface area contributed by atoms with E-state index in [0.717, 1.165) is 60.8 Å².